The number of rotatable bonds is 5. The van der Waals surface area contributed by atoms with E-state index in [2.05, 4.69) is 99.1 Å². The minimum Gasteiger partial charge on any atom is -0.307 e. The van der Waals surface area contributed by atoms with E-state index < -0.39 is 0 Å². The molecule has 0 unspecified atom stereocenters. The van der Waals surface area contributed by atoms with Gasteiger partial charge in [0.15, 0.2) is 0 Å². The van der Waals surface area contributed by atoms with Crippen LogP contribution in [0.1, 0.15) is 27.8 Å². The first kappa shape index (κ1) is 35.2. The second-order valence-corrected chi connectivity index (χ2v) is 14.5. The molecular weight excluding hydrogens is 737 g/mol. The van der Waals surface area contributed by atoms with E-state index in [1.807, 2.05) is 54.6 Å². The largest absolute Gasteiger partial charge is 0.307 e. The summed E-state index contributed by atoms with van der Waals surface area (Å²) in [5, 5.41) is 53.7. The molecule has 10 aromatic rings. The van der Waals surface area contributed by atoms with Crippen molar-refractivity contribution in [3.05, 3.63) is 186 Å². The van der Waals surface area contributed by atoms with Crippen LogP contribution >= 0.6 is 0 Å². The molecule has 3 aromatic heterocycles. The molecule has 0 N–H and O–H groups in total. The van der Waals surface area contributed by atoms with Crippen LogP contribution in [-0.4, -0.2) is 14.1 Å². The summed E-state index contributed by atoms with van der Waals surface area (Å²) in [7, 11) is 0. The molecule has 8 heteroatoms. The molecule has 0 saturated carbocycles. The van der Waals surface area contributed by atoms with Gasteiger partial charge in [0.2, 0.25) is 0 Å². The first-order valence-electron chi connectivity index (χ1n) is 19.0. The van der Waals surface area contributed by atoms with Gasteiger partial charge in [0.1, 0.15) is 0 Å². The van der Waals surface area contributed by atoms with Crippen LogP contribution in [0.3, 0.4) is 0 Å². The van der Waals surface area contributed by atoms with Gasteiger partial charge in [-0.1, -0.05) is 54.6 Å². The Morgan fingerprint density at radius 2 is 0.833 bits per heavy atom. The van der Waals surface area contributed by atoms with Gasteiger partial charge in [-0.15, -0.1) is 0 Å². The average molecular weight is 763 g/mol. The van der Waals surface area contributed by atoms with Crippen molar-refractivity contribution >= 4 is 43.6 Å². The molecule has 0 spiro atoms. The second-order valence-electron chi connectivity index (χ2n) is 14.5. The fraction of sp³-hybridized carbons (Fsp3) is 0. The number of benzene rings is 7. The number of nitrogens with zero attached hydrogens (tertiary/aromatic N) is 8. The van der Waals surface area contributed by atoms with Gasteiger partial charge in [0.25, 0.3) is 0 Å². The third kappa shape index (κ3) is 5.61. The SMILES string of the molecule is N#Cc1cc(C#N)cc(-c2ccc3c(c2)c2ccccc2n3-c2cc(C#N)c(-c3cccnc3)cc2-n2c3ccccc3c3cc(-c4cc(C#N)cc(C#N)c4)ccc32)c1. The predicted octanol–water partition coefficient (Wildman–Crippen LogP) is 11.6. The van der Waals surface area contributed by atoms with Crippen LogP contribution in [0.15, 0.2) is 158 Å². The Kier molecular flexibility index (Phi) is 8.23. The van der Waals surface area contributed by atoms with Crippen molar-refractivity contribution in [2.24, 2.45) is 0 Å². The predicted molar refractivity (Wildman–Crippen MR) is 233 cm³/mol. The molecule has 0 saturated heterocycles. The number of nitriles is 5. The lowest BCUT2D eigenvalue weighted by molar-refractivity contribution is 1.09. The van der Waals surface area contributed by atoms with Gasteiger partial charge in [-0.3, -0.25) is 4.98 Å². The van der Waals surface area contributed by atoms with Crippen molar-refractivity contribution < 1.29 is 0 Å². The zero-order valence-corrected chi connectivity index (χ0v) is 31.6. The van der Waals surface area contributed by atoms with Crippen molar-refractivity contribution in [1.29, 1.82) is 26.3 Å². The quantitative estimate of drug-likeness (QED) is 0.171. The number of aromatic nitrogens is 3. The van der Waals surface area contributed by atoms with E-state index >= 15 is 0 Å². The summed E-state index contributed by atoms with van der Waals surface area (Å²) in [5.41, 5.74) is 12.3. The molecule has 0 radical (unpaired) electrons. The standard InChI is InChI=1S/C52H26N8/c53-26-32-16-33(27-54)19-39(18-32)36-11-13-49-45(22-36)42-7-1-3-9-47(42)59(49)51-24-41(30-57)44(38-6-5-15-58-31-38)25-52(51)60-48-10-4-2-8-43(48)46-23-37(12-14-50(46)60)40-20-34(28-55)17-35(21-40)29-56/h1-25,31H. The van der Waals surface area contributed by atoms with E-state index in [0.29, 0.717) is 27.8 Å². The Labute approximate surface area is 343 Å². The maximum absolute atomic E-state index is 10.8. The summed E-state index contributed by atoms with van der Waals surface area (Å²) in [6.45, 7) is 0. The van der Waals surface area contributed by atoms with E-state index in [9.17, 15) is 26.3 Å². The monoisotopic (exact) mass is 762 g/mol. The van der Waals surface area contributed by atoms with E-state index in [1.165, 1.54) is 0 Å². The van der Waals surface area contributed by atoms with Crippen LogP contribution in [0.5, 0.6) is 0 Å². The Balaban J connectivity index is 1.29. The van der Waals surface area contributed by atoms with E-state index in [-0.39, 0.29) is 0 Å². The maximum atomic E-state index is 10.8. The highest BCUT2D eigenvalue weighted by atomic mass is 15.1. The molecule has 0 fully saturated rings. The third-order valence-corrected chi connectivity index (χ3v) is 11.1. The fourth-order valence-electron chi connectivity index (χ4n) is 8.46. The molecule has 0 aliphatic rings. The van der Waals surface area contributed by atoms with E-state index in [1.54, 1.807) is 48.8 Å². The smallest absolute Gasteiger partial charge is 0.0999 e. The lowest BCUT2D eigenvalue weighted by atomic mass is 9.98. The van der Waals surface area contributed by atoms with Crippen LogP contribution in [0.4, 0.5) is 0 Å². The summed E-state index contributed by atoms with van der Waals surface area (Å²) in [6.07, 6.45) is 3.48. The highest BCUT2D eigenvalue weighted by molar-refractivity contribution is 6.13. The van der Waals surface area contributed by atoms with Gasteiger partial charge in [0, 0.05) is 45.1 Å². The summed E-state index contributed by atoms with van der Waals surface area (Å²) < 4.78 is 4.44. The molecule has 274 valence electrons. The molecule has 0 bridgehead atoms. The lowest BCUT2D eigenvalue weighted by Gasteiger charge is -2.19. The Morgan fingerprint density at radius 1 is 0.367 bits per heavy atom. The minimum absolute atomic E-state index is 0.412. The van der Waals surface area contributed by atoms with Gasteiger partial charge in [-0.05, 0) is 113 Å². The first-order valence-corrected chi connectivity index (χ1v) is 19.0. The van der Waals surface area contributed by atoms with Crippen LogP contribution < -0.4 is 0 Å². The van der Waals surface area contributed by atoms with Gasteiger partial charge in [-0.2, -0.15) is 26.3 Å². The molecule has 7 aromatic carbocycles. The number of pyridine rings is 1. The minimum atomic E-state index is 0.412. The molecule has 10 rings (SSSR count). The molecule has 60 heavy (non-hydrogen) atoms. The summed E-state index contributed by atoms with van der Waals surface area (Å²) in [4.78, 5) is 4.40. The van der Waals surface area contributed by atoms with E-state index in [4.69, 9.17) is 0 Å². The normalized spacial score (nSPS) is 10.9. The number of hydrogen-bond acceptors (Lipinski definition) is 6. The zero-order valence-electron chi connectivity index (χ0n) is 31.6. The highest BCUT2D eigenvalue weighted by Gasteiger charge is 2.23. The lowest BCUT2D eigenvalue weighted by Crippen LogP contribution is -2.05. The second kappa shape index (κ2) is 14.0. The number of fused-ring (bicyclic) bond motifs is 6. The zero-order chi connectivity index (χ0) is 40.9. The van der Waals surface area contributed by atoms with Crippen molar-refractivity contribution in [2.45, 2.75) is 0 Å². The van der Waals surface area contributed by atoms with Crippen molar-refractivity contribution in [2.75, 3.05) is 0 Å². The highest BCUT2D eigenvalue weighted by Crippen LogP contribution is 2.42. The van der Waals surface area contributed by atoms with E-state index in [0.717, 1.165) is 88.4 Å². The van der Waals surface area contributed by atoms with Gasteiger partial charge in [-0.25, -0.2) is 0 Å². The Bertz CT molecular complexity index is 3600. The van der Waals surface area contributed by atoms with Gasteiger partial charge >= 0.3 is 0 Å². The molecule has 8 nitrogen and oxygen atoms in total. The summed E-state index contributed by atoms with van der Waals surface area (Å²) in [6, 6.07) is 58.2. The number of para-hydroxylation sites is 2. The molecule has 0 atom stereocenters. The van der Waals surface area contributed by atoms with Crippen LogP contribution in [0.2, 0.25) is 0 Å². The number of hydrogen-bond donors (Lipinski definition) is 0. The molecular formula is C52H26N8. The average Bonchev–Trinajstić information content (AvgIpc) is 3.83. The topological polar surface area (TPSA) is 142 Å². The summed E-state index contributed by atoms with van der Waals surface area (Å²) >= 11 is 0. The Morgan fingerprint density at radius 3 is 1.28 bits per heavy atom. The van der Waals surface area contributed by atoms with Crippen LogP contribution in [0.25, 0.3) is 88.4 Å². The summed E-state index contributed by atoms with van der Waals surface area (Å²) in [5.74, 6) is 0. The fourth-order valence-corrected chi connectivity index (χ4v) is 8.46. The van der Waals surface area contributed by atoms with Crippen molar-refractivity contribution in [3.63, 3.8) is 0 Å². The van der Waals surface area contributed by atoms with Crippen LogP contribution in [-0.2, 0) is 0 Å². The van der Waals surface area contributed by atoms with Crippen LogP contribution in [0, 0.1) is 56.7 Å². The van der Waals surface area contributed by atoms with Crippen molar-refractivity contribution in [1.82, 2.24) is 14.1 Å². The Hall–Kier alpha value is -9.26. The third-order valence-electron chi connectivity index (χ3n) is 11.1. The molecule has 0 aliphatic heterocycles. The van der Waals surface area contributed by atoms with Gasteiger partial charge in [0.05, 0.1) is 91.6 Å². The molecule has 0 aliphatic carbocycles. The van der Waals surface area contributed by atoms with Crippen molar-refractivity contribution in [3.8, 4) is 75.1 Å². The molecule has 0 amide bonds. The molecule has 3 heterocycles. The first-order chi connectivity index (χ1) is 29.5. The van der Waals surface area contributed by atoms with Gasteiger partial charge < -0.3 is 9.13 Å². The maximum Gasteiger partial charge on any atom is 0.0999 e.